The fourth-order valence-corrected chi connectivity index (χ4v) is 7.67. The normalized spacial score (nSPS) is 18.0. The molecule has 460 valence electrons. The van der Waals surface area contributed by atoms with Gasteiger partial charge in [0.25, 0.3) is 0 Å². The predicted octanol–water partition coefficient (Wildman–Crippen LogP) is -9.08. The number of nitrogens with one attached hydrogen (secondary N) is 11. The van der Waals surface area contributed by atoms with Crippen LogP contribution in [-0.2, 0) is 73.5 Å². The van der Waals surface area contributed by atoms with Gasteiger partial charge in [0.15, 0.2) is 12.2 Å². The summed E-state index contributed by atoms with van der Waals surface area (Å²) in [5.74, 6) is -14.1. The maximum absolute atomic E-state index is 13.9. The van der Waals surface area contributed by atoms with Crippen molar-refractivity contribution < 1.29 is 97.7 Å². The van der Waals surface area contributed by atoms with E-state index in [9.17, 15) is 87.9 Å². The van der Waals surface area contributed by atoms with Gasteiger partial charge in [-0.25, -0.2) is 4.79 Å². The number of carbonyl (C=O) groups is 13. The quantitative estimate of drug-likeness (QED) is 0.0127. The lowest BCUT2D eigenvalue weighted by Crippen LogP contribution is -2.68. The number of rotatable bonds is 37. The number of hydrogen-bond donors (Lipinski definition) is 19. The fourth-order valence-electron chi connectivity index (χ4n) is 7.67. The Hall–Kier alpha value is -8.86. The first-order valence-electron chi connectivity index (χ1n) is 25.8. The van der Waals surface area contributed by atoms with Crippen molar-refractivity contribution in [2.24, 2.45) is 16.5 Å². The van der Waals surface area contributed by atoms with Crippen LogP contribution >= 0.6 is 0 Å². The summed E-state index contributed by atoms with van der Waals surface area (Å²) >= 11 is 0. The van der Waals surface area contributed by atoms with Gasteiger partial charge in [-0.3, -0.25) is 62.5 Å². The molecule has 0 radical (unpaired) electrons. The van der Waals surface area contributed by atoms with Gasteiger partial charge in [0.05, 0.1) is 45.7 Å². The Morgan fingerprint density at radius 1 is 0.639 bits per heavy atom. The van der Waals surface area contributed by atoms with Crippen LogP contribution in [0.3, 0.4) is 0 Å². The van der Waals surface area contributed by atoms with Crippen molar-refractivity contribution >= 4 is 82.9 Å². The molecular formula is C49H74N14O20. The van der Waals surface area contributed by atoms with Gasteiger partial charge in [0.2, 0.25) is 65.0 Å². The van der Waals surface area contributed by atoms with E-state index in [2.05, 4.69) is 59.4 Å². The van der Waals surface area contributed by atoms with E-state index in [1.54, 1.807) is 30.3 Å². The zero-order valence-corrected chi connectivity index (χ0v) is 45.3. The van der Waals surface area contributed by atoms with E-state index in [0.717, 1.165) is 13.0 Å². The number of aliphatic hydroxyl groups is 4. The van der Waals surface area contributed by atoms with Crippen molar-refractivity contribution in [3.63, 3.8) is 0 Å². The third-order valence-corrected chi connectivity index (χ3v) is 11.8. The second-order valence-corrected chi connectivity index (χ2v) is 18.5. The fraction of sp³-hybridized carbons (Fsp3) is 0.551. The van der Waals surface area contributed by atoms with Crippen molar-refractivity contribution in [2.45, 2.75) is 126 Å². The molecule has 2 rings (SSSR count). The van der Waals surface area contributed by atoms with Crippen LogP contribution in [0.15, 0.2) is 48.0 Å². The number of unbranched alkanes of at least 4 members (excludes halogenated alkanes) is 2. The molecule has 83 heavy (non-hydrogen) atoms. The van der Waals surface area contributed by atoms with E-state index >= 15 is 0 Å². The number of aliphatic imine (C=N–C) groups is 1. The molecule has 1 aromatic rings. The molecule has 0 aromatic heterocycles. The second-order valence-electron chi connectivity index (χ2n) is 18.5. The van der Waals surface area contributed by atoms with Crippen molar-refractivity contribution in [3.8, 4) is 0 Å². The lowest BCUT2D eigenvalue weighted by atomic mass is 9.95. The Labute approximate surface area is 474 Å². The molecule has 2 unspecified atom stereocenters. The molecule has 10 atom stereocenters. The van der Waals surface area contributed by atoms with Crippen LogP contribution in [0, 0.1) is 0 Å². The first-order valence-corrected chi connectivity index (χ1v) is 25.8. The van der Waals surface area contributed by atoms with Crippen LogP contribution in [0.5, 0.6) is 0 Å². The zero-order chi connectivity index (χ0) is 62.2. The number of hydrogen-bond acceptors (Lipinski definition) is 19. The molecule has 0 aliphatic carbocycles. The number of amides is 11. The smallest absolute Gasteiger partial charge is 0.328 e. The first kappa shape index (κ1) is 70.2. The Morgan fingerprint density at radius 3 is 1.72 bits per heavy atom. The number of ether oxygens (including phenoxy) is 1. The Bertz CT molecular complexity index is 2470. The summed E-state index contributed by atoms with van der Waals surface area (Å²) in [7, 11) is 0. The highest BCUT2D eigenvalue weighted by Gasteiger charge is 2.45. The highest BCUT2D eigenvalue weighted by Crippen LogP contribution is 2.20. The Balaban J connectivity index is 2.33. The molecule has 1 aromatic carbocycles. The second kappa shape index (κ2) is 37.2. The number of guanidine groups is 1. The van der Waals surface area contributed by atoms with Gasteiger partial charge in [-0.2, -0.15) is 0 Å². The standard InChI is InChI=1S/C49H74N14O20/c1-3-33(67)52-15-9-5-8-14-34(68)59-28(17-26-11-6-4-7-12-26)44(78)55-22-37(71)60-29(18-35(69)63-47-40(57-25(2)66)42(76)41(75)32(24-65)83-47)45(79)56-20-36(70)58-27(13-10-16-53-49(50)51)43(77)54-21-38(72)61-30(19-39(73)74)46(80)62-31(23-64)48(81)82/h3-4,6-7,11-12,27-32,40-42,47,64-65,75-76H,1,5,8-10,13-24H2,2H3,(H,52,67)(H,54,77)(H,55,78)(H,56,79)(H,57,66)(H,58,70)(H,59,68)(H,60,71)(H,61,72)(H,62,80)(H,63,69)(H,73,74)(H,81,82)(H4,50,51,53)/t27-,28-,29-,30-,31-,32?,40?,41-,42+,47+/m0/s1. The van der Waals surface area contributed by atoms with Gasteiger partial charge < -0.3 is 105 Å². The molecule has 0 bridgehead atoms. The van der Waals surface area contributed by atoms with Crippen LogP contribution in [0.1, 0.15) is 63.9 Å². The van der Waals surface area contributed by atoms with Crippen LogP contribution in [0.25, 0.3) is 0 Å². The molecular weight excluding hydrogens is 1100 g/mol. The van der Waals surface area contributed by atoms with Gasteiger partial charge in [-0.15, -0.1) is 0 Å². The minimum atomic E-state index is -1.92. The third kappa shape index (κ3) is 27.4. The number of nitrogens with zero attached hydrogens (tertiary/aromatic N) is 1. The number of carbonyl (C=O) groups excluding carboxylic acids is 11. The molecule has 0 saturated carbocycles. The highest BCUT2D eigenvalue weighted by atomic mass is 16.5. The molecule has 0 spiro atoms. The van der Waals surface area contributed by atoms with E-state index in [1.807, 2.05) is 10.6 Å². The van der Waals surface area contributed by atoms with E-state index < -0.39 is 177 Å². The summed E-state index contributed by atoms with van der Waals surface area (Å²) in [6, 6.07) is -1.46. The number of nitrogens with two attached hydrogens (primary N) is 2. The summed E-state index contributed by atoms with van der Waals surface area (Å²) < 4.78 is 5.53. The SMILES string of the molecule is C=CC(=O)NCCCCCC(=O)N[C@@H](Cc1ccccc1)C(=O)NCC(=O)N[C@@H](CC(=O)N[C@@H]1OC(CO)[C@H](O)[C@H](O)C1NC(C)=O)C(=O)NCC(=O)N[C@@H](CCCN=C(N)N)C(=O)NCC(=O)N[C@@H](CC(=O)O)C(=O)N[C@@H](CO)C(=O)O. The maximum atomic E-state index is 13.9. The summed E-state index contributed by atoms with van der Waals surface area (Å²) in [5, 5.41) is 83.7. The van der Waals surface area contributed by atoms with Gasteiger partial charge in [0.1, 0.15) is 54.6 Å². The predicted molar refractivity (Wildman–Crippen MR) is 286 cm³/mol. The molecule has 1 aliphatic rings. The minimum absolute atomic E-state index is 0.00318. The number of carboxylic acid groups (broad SMARTS) is 2. The average molecular weight is 1180 g/mol. The van der Waals surface area contributed by atoms with Gasteiger partial charge in [-0.05, 0) is 37.3 Å². The summed E-state index contributed by atoms with van der Waals surface area (Å²) in [4.78, 5) is 170. The molecule has 1 aliphatic heterocycles. The first-order chi connectivity index (χ1) is 39.3. The number of aliphatic carboxylic acids is 2. The summed E-state index contributed by atoms with van der Waals surface area (Å²) in [5.41, 5.74) is 11.4. The van der Waals surface area contributed by atoms with Gasteiger partial charge in [-0.1, -0.05) is 43.3 Å². The van der Waals surface area contributed by atoms with Crippen molar-refractivity contribution in [1.29, 1.82) is 0 Å². The van der Waals surface area contributed by atoms with Crippen molar-refractivity contribution in [3.05, 3.63) is 48.6 Å². The summed E-state index contributed by atoms with van der Waals surface area (Å²) in [6.07, 6.45) is -6.39. The van der Waals surface area contributed by atoms with E-state index in [-0.39, 0.29) is 44.1 Å². The van der Waals surface area contributed by atoms with E-state index in [0.29, 0.717) is 31.4 Å². The molecule has 1 heterocycles. The number of carboxylic acids is 2. The Kier molecular flexibility index (Phi) is 31.5. The van der Waals surface area contributed by atoms with Crippen molar-refractivity contribution in [1.82, 2.24) is 58.5 Å². The minimum Gasteiger partial charge on any atom is -0.481 e. The third-order valence-electron chi connectivity index (χ3n) is 11.8. The van der Waals surface area contributed by atoms with E-state index in [4.69, 9.17) is 21.3 Å². The Morgan fingerprint density at radius 2 is 1.19 bits per heavy atom. The van der Waals surface area contributed by atoms with E-state index in [1.165, 1.54) is 0 Å². The molecule has 34 nitrogen and oxygen atoms in total. The van der Waals surface area contributed by atoms with Gasteiger partial charge in [0, 0.05) is 32.9 Å². The zero-order valence-electron chi connectivity index (χ0n) is 45.3. The summed E-state index contributed by atoms with van der Waals surface area (Å²) in [6.45, 7) is -0.0588. The highest BCUT2D eigenvalue weighted by molar-refractivity contribution is 5.98. The number of benzene rings is 1. The molecule has 1 fully saturated rings. The van der Waals surface area contributed by atoms with Crippen molar-refractivity contribution in [2.75, 3.05) is 45.9 Å². The molecule has 1 saturated heterocycles. The number of aliphatic hydroxyl groups excluding tert-OH is 4. The molecule has 34 heteroatoms. The lowest BCUT2D eigenvalue weighted by molar-refractivity contribution is -0.203. The van der Waals surface area contributed by atoms with Crippen LogP contribution < -0.4 is 70.0 Å². The van der Waals surface area contributed by atoms with Crippen LogP contribution in [0.4, 0.5) is 0 Å². The largest absolute Gasteiger partial charge is 0.481 e. The lowest BCUT2D eigenvalue weighted by Gasteiger charge is -2.42. The maximum Gasteiger partial charge on any atom is 0.328 e. The monoisotopic (exact) mass is 1180 g/mol. The topological polar surface area (TPSA) is 549 Å². The molecule has 21 N–H and O–H groups in total. The van der Waals surface area contributed by atoms with Crippen LogP contribution in [0.2, 0.25) is 0 Å². The van der Waals surface area contributed by atoms with Gasteiger partial charge >= 0.3 is 11.9 Å². The molecule has 11 amide bonds. The average Bonchev–Trinajstić information content (AvgIpc) is 3.61. The van der Waals surface area contributed by atoms with Crippen LogP contribution in [-0.4, -0.2) is 220 Å².